The third kappa shape index (κ3) is 2.26. The molecule has 0 unspecified atom stereocenters. The van der Waals surface area contributed by atoms with Crippen molar-refractivity contribution in [2.24, 2.45) is 5.73 Å². The van der Waals surface area contributed by atoms with Crippen LogP contribution in [0.3, 0.4) is 0 Å². The van der Waals surface area contributed by atoms with Crippen LogP contribution in [0.1, 0.15) is 19.5 Å². The molecule has 2 heterocycles. The minimum atomic E-state index is -0.508. The van der Waals surface area contributed by atoms with Crippen LogP contribution in [0.4, 0.5) is 0 Å². The summed E-state index contributed by atoms with van der Waals surface area (Å²) >= 11 is 0. The molecule has 0 amide bonds. The van der Waals surface area contributed by atoms with E-state index in [4.69, 9.17) is 15.2 Å². The van der Waals surface area contributed by atoms with E-state index in [-0.39, 0.29) is 0 Å². The van der Waals surface area contributed by atoms with Crippen molar-refractivity contribution in [2.75, 3.05) is 13.2 Å². The van der Waals surface area contributed by atoms with Crippen LogP contribution in [0.15, 0.2) is 24.4 Å². The molecule has 6 heteroatoms. The maximum Gasteiger partial charge on any atom is 0.163 e. The van der Waals surface area contributed by atoms with Crippen LogP contribution in [-0.4, -0.2) is 28.2 Å². The zero-order chi connectivity index (χ0) is 13.5. The van der Waals surface area contributed by atoms with Crippen molar-refractivity contribution in [2.45, 2.75) is 19.4 Å². The Balaban J connectivity index is 1.96. The SMILES string of the molecule is CC(C)(N)c1cn(-c2ccc3c(c2)OCCO3)nn1. The molecule has 19 heavy (non-hydrogen) atoms. The van der Waals surface area contributed by atoms with Gasteiger partial charge in [0.25, 0.3) is 0 Å². The van der Waals surface area contributed by atoms with Crippen LogP contribution in [0.2, 0.25) is 0 Å². The molecule has 0 bridgehead atoms. The third-order valence-electron chi connectivity index (χ3n) is 2.94. The molecular weight excluding hydrogens is 244 g/mol. The molecule has 0 atom stereocenters. The van der Waals surface area contributed by atoms with E-state index in [0.29, 0.717) is 13.2 Å². The van der Waals surface area contributed by atoms with Crippen LogP contribution in [0.25, 0.3) is 5.69 Å². The predicted molar refractivity (Wildman–Crippen MR) is 69.6 cm³/mol. The second-order valence-electron chi connectivity index (χ2n) is 5.10. The van der Waals surface area contributed by atoms with Crippen LogP contribution >= 0.6 is 0 Å². The molecular formula is C13H16N4O2. The van der Waals surface area contributed by atoms with Gasteiger partial charge in [-0.1, -0.05) is 5.21 Å². The van der Waals surface area contributed by atoms with Crippen LogP contribution in [0, 0.1) is 0 Å². The van der Waals surface area contributed by atoms with Crippen molar-refractivity contribution >= 4 is 0 Å². The number of fused-ring (bicyclic) bond motifs is 1. The number of rotatable bonds is 2. The summed E-state index contributed by atoms with van der Waals surface area (Å²) in [7, 11) is 0. The summed E-state index contributed by atoms with van der Waals surface area (Å²) in [5.41, 5.74) is 7.10. The van der Waals surface area contributed by atoms with Gasteiger partial charge in [0.15, 0.2) is 11.5 Å². The number of ether oxygens (including phenoxy) is 2. The summed E-state index contributed by atoms with van der Waals surface area (Å²) in [5, 5.41) is 8.18. The molecule has 1 aromatic heterocycles. The van der Waals surface area contributed by atoms with E-state index >= 15 is 0 Å². The van der Waals surface area contributed by atoms with Gasteiger partial charge in [-0.3, -0.25) is 0 Å². The minimum absolute atomic E-state index is 0.508. The summed E-state index contributed by atoms with van der Waals surface area (Å²) in [6.07, 6.45) is 1.82. The Hall–Kier alpha value is -2.08. The summed E-state index contributed by atoms with van der Waals surface area (Å²) in [6.45, 7) is 4.94. The highest BCUT2D eigenvalue weighted by atomic mass is 16.6. The van der Waals surface area contributed by atoms with Gasteiger partial charge in [0, 0.05) is 6.07 Å². The average molecular weight is 260 g/mol. The molecule has 3 rings (SSSR count). The van der Waals surface area contributed by atoms with E-state index in [1.54, 1.807) is 4.68 Å². The molecule has 0 spiro atoms. The Kier molecular flexibility index (Phi) is 2.67. The molecule has 1 aliphatic heterocycles. The van der Waals surface area contributed by atoms with Gasteiger partial charge in [-0.15, -0.1) is 5.10 Å². The second kappa shape index (κ2) is 4.24. The van der Waals surface area contributed by atoms with E-state index < -0.39 is 5.54 Å². The van der Waals surface area contributed by atoms with Crippen molar-refractivity contribution in [3.8, 4) is 17.2 Å². The first-order valence-electron chi connectivity index (χ1n) is 6.16. The van der Waals surface area contributed by atoms with Gasteiger partial charge in [-0.2, -0.15) is 0 Å². The fraction of sp³-hybridized carbons (Fsp3) is 0.385. The zero-order valence-corrected chi connectivity index (χ0v) is 11.0. The largest absolute Gasteiger partial charge is 0.486 e. The molecule has 100 valence electrons. The predicted octanol–water partition coefficient (Wildman–Crippen LogP) is 1.23. The van der Waals surface area contributed by atoms with Crippen molar-refractivity contribution < 1.29 is 9.47 Å². The highest BCUT2D eigenvalue weighted by molar-refractivity contribution is 5.49. The van der Waals surface area contributed by atoms with E-state index in [2.05, 4.69) is 10.3 Å². The Morgan fingerprint density at radius 3 is 2.63 bits per heavy atom. The quantitative estimate of drug-likeness (QED) is 0.879. The fourth-order valence-corrected chi connectivity index (χ4v) is 1.86. The number of nitrogens with zero attached hydrogens (tertiary/aromatic N) is 3. The number of hydrogen-bond acceptors (Lipinski definition) is 5. The van der Waals surface area contributed by atoms with Crippen molar-refractivity contribution in [1.82, 2.24) is 15.0 Å². The Morgan fingerprint density at radius 1 is 1.21 bits per heavy atom. The van der Waals surface area contributed by atoms with Crippen molar-refractivity contribution in [1.29, 1.82) is 0 Å². The van der Waals surface area contributed by atoms with Gasteiger partial charge in [0.1, 0.15) is 18.9 Å². The first kappa shape index (κ1) is 12.0. The van der Waals surface area contributed by atoms with Crippen LogP contribution in [0.5, 0.6) is 11.5 Å². The standard InChI is InChI=1S/C13H16N4O2/c1-13(2,14)12-8-17(16-15-12)9-3-4-10-11(7-9)19-6-5-18-10/h3-4,7-8H,5-6,14H2,1-2H3. The van der Waals surface area contributed by atoms with Crippen LogP contribution < -0.4 is 15.2 Å². The van der Waals surface area contributed by atoms with Crippen LogP contribution in [-0.2, 0) is 5.54 Å². The summed E-state index contributed by atoms with van der Waals surface area (Å²) in [6, 6.07) is 5.67. The summed E-state index contributed by atoms with van der Waals surface area (Å²) < 4.78 is 12.7. The van der Waals surface area contributed by atoms with Gasteiger partial charge in [-0.05, 0) is 26.0 Å². The smallest absolute Gasteiger partial charge is 0.163 e. The van der Waals surface area contributed by atoms with E-state index in [9.17, 15) is 0 Å². The lowest BCUT2D eigenvalue weighted by atomic mass is 10.0. The second-order valence-corrected chi connectivity index (χ2v) is 5.10. The van der Waals surface area contributed by atoms with E-state index in [1.807, 2.05) is 38.2 Å². The van der Waals surface area contributed by atoms with Crippen molar-refractivity contribution in [3.63, 3.8) is 0 Å². The first-order chi connectivity index (χ1) is 9.04. The highest BCUT2D eigenvalue weighted by Gasteiger charge is 2.19. The summed E-state index contributed by atoms with van der Waals surface area (Å²) in [5.74, 6) is 1.49. The fourth-order valence-electron chi connectivity index (χ4n) is 1.86. The molecule has 0 saturated carbocycles. The number of hydrogen-bond donors (Lipinski definition) is 1. The first-order valence-corrected chi connectivity index (χ1v) is 6.16. The highest BCUT2D eigenvalue weighted by Crippen LogP contribution is 2.31. The lowest BCUT2D eigenvalue weighted by Crippen LogP contribution is -2.29. The molecule has 0 fully saturated rings. The molecule has 0 saturated heterocycles. The van der Waals surface area contributed by atoms with Gasteiger partial charge in [-0.25, -0.2) is 4.68 Å². The lowest BCUT2D eigenvalue weighted by Gasteiger charge is -2.18. The topological polar surface area (TPSA) is 75.2 Å². The molecule has 1 aromatic carbocycles. The molecule has 0 aliphatic carbocycles. The molecule has 2 aromatic rings. The number of aromatic nitrogens is 3. The molecule has 2 N–H and O–H groups in total. The maximum absolute atomic E-state index is 6.00. The lowest BCUT2D eigenvalue weighted by molar-refractivity contribution is 0.171. The van der Waals surface area contributed by atoms with Gasteiger partial charge < -0.3 is 15.2 Å². The normalized spacial score (nSPS) is 14.5. The number of nitrogens with two attached hydrogens (primary N) is 1. The molecule has 0 radical (unpaired) electrons. The monoisotopic (exact) mass is 260 g/mol. The average Bonchev–Trinajstić information content (AvgIpc) is 2.87. The zero-order valence-electron chi connectivity index (χ0n) is 11.0. The maximum atomic E-state index is 6.00. The van der Waals surface area contributed by atoms with E-state index in [0.717, 1.165) is 22.9 Å². The molecule has 6 nitrogen and oxygen atoms in total. The van der Waals surface area contributed by atoms with Gasteiger partial charge in [0.2, 0.25) is 0 Å². The Morgan fingerprint density at radius 2 is 1.95 bits per heavy atom. The van der Waals surface area contributed by atoms with E-state index in [1.165, 1.54) is 0 Å². The van der Waals surface area contributed by atoms with Crippen molar-refractivity contribution in [3.05, 3.63) is 30.1 Å². The van der Waals surface area contributed by atoms with Gasteiger partial charge in [0.05, 0.1) is 17.4 Å². The Bertz CT molecular complexity index is 601. The summed E-state index contributed by atoms with van der Waals surface area (Å²) in [4.78, 5) is 0. The van der Waals surface area contributed by atoms with Gasteiger partial charge >= 0.3 is 0 Å². The minimum Gasteiger partial charge on any atom is -0.486 e. The number of benzene rings is 1. The third-order valence-corrected chi connectivity index (χ3v) is 2.94. The molecule has 1 aliphatic rings. The Labute approximate surface area is 111 Å².